The maximum atomic E-state index is 13.1. The molecule has 6 nitrogen and oxygen atoms in total. The Labute approximate surface area is 146 Å². The van der Waals surface area contributed by atoms with Crippen molar-refractivity contribution in [2.75, 3.05) is 13.1 Å². The fourth-order valence-electron chi connectivity index (χ4n) is 3.79. The standard InChI is InChI=1S/C19H23N5O/c1-3-13-10-20-22-17(13)14-5-4-8-24(11-14)19(25)18-15-9-12(2)6-7-16(15)21-23-18/h6-7,9-10,14H,3-5,8,11H2,1-2H3,(H,20,22)(H,21,23). The van der Waals surface area contributed by atoms with Crippen molar-refractivity contribution in [2.45, 2.75) is 39.0 Å². The maximum Gasteiger partial charge on any atom is 0.275 e. The van der Waals surface area contributed by atoms with Crippen LogP contribution in [0.5, 0.6) is 0 Å². The van der Waals surface area contributed by atoms with Gasteiger partial charge in [0, 0.05) is 30.1 Å². The predicted molar refractivity (Wildman–Crippen MR) is 96.7 cm³/mol. The van der Waals surface area contributed by atoms with Crippen LogP contribution in [-0.4, -0.2) is 44.3 Å². The molecule has 6 heteroatoms. The number of H-pyrrole nitrogens is 2. The summed E-state index contributed by atoms with van der Waals surface area (Å²) in [5.74, 6) is 0.334. The molecule has 0 radical (unpaired) electrons. The van der Waals surface area contributed by atoms with Crippen LogP contribution in [0, 0.1) is 6.92 Å². The number of aryl methyl sites for hydroxylation is 2. The third-order valence-corrected chi connectivity index (χ3v) is 5.17. The van der Waals surface area contributed by atoms with Gasteiger partial charge in [-0.15, -0.1) is 0 Å². The van der Waals surface area contributed by atoms with Crippen molar-refractivity contribution in [2.24, 2.45) is 0 Å². The van der Waals surface area contributed by atoms with Crippen molar-refractivity contribution in [1.29, 1.82) is 0 Å². The molecule has 0 spiro atoms. The number of amides is 1. The second-order valence-corrected chi connectivity index (χ2v) is 6.87. The monoisotopic (exact) mass is 337 g/mol. The van der Waals surface area contributed by atoms with Crippen LogP contribution in [0.1, 0.15) is 53.0 Å². The zero-order chi connectivity index (χ0) is 17.4. The minimum Gasteiger partial charge on any atom is -0.337 e. The zero-order valence-corrected chi connectivity index (χ0v) is 14.7. The Morgan fingerprint density at radius 1 is 1.36 bits per heavy atom. The van der Waals surface area contributed by atoms with Gasteiger partial charge in [0.2, 0.25) is 0 Å². The van der Waals surface area contributed by atoms with Crippen molar-refractivity contribution >= 4 is 16.8 Å². The Morgan fingerprint density at radius 3 is 3.08 bits per heavy atom. The number of likely N-dealkylation sites (tertiary alicyclic amines) is 1. The second kappa shape index (κ2) is 6.35. The lowest BCUT2D eigenvalue weighted by atomic mass is 9.91. The van der Waals surface area contributed by atoms with Gasteiger partial charge in [-0.2, -0.15) is 10.2 Å². The molecule has 1 unspecified atom stereocenters. The first-order chi connectivity index (χ1) is 12.2. The molecule has 2 aromatic heterocycles. The maximum absolute atomic E-state index is 13.1. The first kappa shape index (κ1) is 15.9. The van der Waals surface area contributed by atoms with Crippen LogP contribution in [-0.2, 0) is 6.42 Å². The molecule has 3 heterocycles. The van der Waals surface area contributed by atoms with Crippen LogP contribution in [0.4, 0.5) is 0 Å². The van der Waals surface area contributed by atoms with Crippen molar-refractivity contribution in [1.82, 2.24) is 25.3 Å². The van der Waals surface area contributed by atoms with E-state index in [1.165, 1.54) is 11.3 Å². The lowest BCUT2D eigenvalue weighted by Gasteiger charge is -2.32. The predicted octanol–water partition coefficient (Wildman–Crippen LogP) is 3.18. The van der Waals surface area contributed by atoms with Gasteiger partial charge in [0.25, 0.3) is 5.91 Å². The van der Waals surface area contributed by atoms with Gasteiger partial charge in [-0.25, -0.2) is 0 Å². The molecule has 0 aliphatic carbocycles. The number of carbonyl (C=O) groups excluding carboxylic acids is 1. The summed E-state index contributed by atoms with van der Waals surface area (Å²) in [4.78, 5) is 15.0. The van der Waals surface area contributed by atoms with Gasteiger partial charge in [-0.1, -0.05) is 18.6 Å². The summed E-state index contributed by atoms with van der Waals surface area (Å²) >= 11 is 0. The number of nitrogens with zero attached hydrogens (tertiary/aromatic N) is 3. The number of hydrogen-bond acceptors (Lipinski definition) is 3. The quantitative estimate of drug-likeness (QED) is 0.770. The minimum absolute atomic E-state index is 0.0131. The van der Waals surface area contributed by atoms with E-state index in [-0.39, 0.29) is 5.91 Å². The van der Waals surface area contributed by atoms with E-state index < -0.39 is 0 Å². The van der Waals surface area contributed by atoms with E-state index in [4.69, 9.17) is 0 Å². The van der Waals surface area contributed by atoms with Crippen LogP contribution in [0.15, 0.2) is 24.4 Å². The Kier molecular flexibility index (Phi) is 4.03. The number of carbonyl (C=O) groups is 1. The fraction of sp³-hybridized carbons (Fsp3) is 0.421. The van der Waals surface area contributed by atoms with E-state index in [0.717, 1.165) is 42.3 Å². The summed E-state index contributed by atoms with van der Waals surface area (Å²) in [7, 11) is 0. The number of hydrogen-bond donors (Lipinski definition) is 2. The molecule has 1 fully saturated rings. The number of aromatic amines is 2. The highest BCUT2D eigenvalue weighted by Gasteiger charge is 2.29. The summed E-state index contributed by atoms with van der Waals surface area (Å²) in [6.07, 6.45) is 4.94. The molecule has 25 heavy (non-hydrogen) atoms. The van der Waals surface area contributed by atoms with Gasteiger partial charge < -0.3 is 4.90 Å². The summed E-state index contributed by atoms with van der Waals surface area (Å²) in [5.41, 5.74) is 5.00. The molecule has 1 atom stereocenters. The largest absolute Gasteiger partial charge is 0.337 e. The Hall–Kier alpha value is -2.63. The van der Waals surface area contributed by atoms with Crippen molar-refractivity contribution in [3.05, 3.63) is 46.9 Å². The number of piperidine rings is 1. The highest BCUT2D eigenvalue weighted by atomic mass is 16.2. The number of rotatable bonds is 3. The van der Waals surface area contributed by atoms with Gasteiger partial charge in [-0.3, -0.25) is 15.0 Å². The molecule has 0 saturated carbocycles. The molecule has 3 aromatic rings. The van der Waals surface area contributed by atoms with Crippen LogP contribution in [0.25, 0.3) is 10.9 Å². The average molecular weight is 337 g/mol. The van der Waals surface area contributed by atoms with Gasteiger partial charge in [-0.05, 0) is 43.9 Å². The van der Waals surface area contributed by atoms with Crippen LogP contribution < -0.4 is 0 Å². The van der Waals surface area contributed by atoms with Crippen molar-refractivity contribution < 1.29 is 4.79 Å². The normalized spacial score (nSPS) is 18.0. The van der Waals surface area contributed by atoms with Crippen LogP contribution in [0.2, 0.25) is 0 Å². The Balaban J connectivity index is 1.60. The van der Waals surface area contributed by atoms with Gasteiger partial charge in [0.05, 0.1) is 11.7 Å². The molecule has 130 valence electrons. The summed E-state index contributed by atoms with van der Waals surface area (Å²) in [6, 6.07) is 6.03. The molecule has 1 saturated heterocycles. The molecule has 1 aliphatic heterocycles. The number of fused-ring (bicyclic) bond motifs is 1. The fourth-order valence-corrected chi connectivity index (χ4v) is 3.79. The van der Waals surface area contributed by atoms with E-state index in [2.05, 4.69) is 27.3 Å². The summed E-state index contributed by atoms with van der Waals surface area (Å²) < 4.78 is 0. The van der Waals surface area contributed by atoms with Crippen molar-refractivity contribution in [3.63, 3.8) is 0 Å². The van der Waals surface area contributed by atoms with E-state index in [9.17, 15) is 4.79 Å². The molecule has 2 N–H and O–H groups in total. The van der Waals surface area contributed by atoms with Gasteiger partial charge >= 0.3 is 0 Å². The van der Waals surface area contributed by atoms with E-state index in [0.29, 0.717) is 18.2 Å². The summed E-state index contributed by atoms with van der Waals surface area (Å²) in [5, 5.41) is 15.5. The molecular weight excluding hydrogens is 314 g/mol. The number of aromatic nitrogens is 4. The second-order valence-electron chi connectivity index (χ2n) is 6.87. The molecule has 4 rings (SSSR count). The molecule has 1 amide bonds. The third kappa shape index (κ3) is 2.81. The highest BCUT2D eigenvalue weighted by Crippen LogP contribution is 2.29. The van der Waals surface area contributed by atoms with E-state index >= 15 is 0 Å². The van der Waals surface area contributed by atoms with E-state index in [1.807, 2.05) is 36.2 Å². The lowest BCUT2D eigenvalue weighted by Crippen LogP contribution is -2.39. The third-order valence-electron chi connectivity index (χ3n) is 5.17. The first-order valence-corrected chi connectivity index (χ1v) is 8.93. The first-order valence-electron chi connectivity index (χ1n) is 8.93. The number of benzene rings is 1. The lowest BCUT2D eigenvalue weighted by molar-refractivity contribution is 0.0701. The van der Waals surface area contributed by atoms with Gasteiger partial charge in [0.1, 0.15) is 0 Å². The van der Waals surface area contributed by atoms with E-state index in [1.54, 1.807) is 0 Å². The van der Waals surface area contributed by atoms with Crippen LogP contribution >= 0.6 is 0 Å². The van der Waals surface area contributed by atoms with Gasteiger partial charge in [0.15, 0.2) is 5.69 Å². The topological polar surface area (TPSA) is 77.7 Å². The summed E-state index contributed by atoms with van der Waals surface area (Å²) in [6.45, 7) is 5.67. The molecule has 1 aliphatic rings. The Bertz CT molecular complexity index is 910. The molecular formula is C19H23N5O. The van der Waals surface area contributed by atoms with Crippen molar-refractivity contribution in [3.8, 4) is 0 Å². The van der Waals surface area contributed by atoms with Crippen LogP contribution in [0.3, 0.4) is 0 Å². The number of nitrogens with one attached hydrogen (secondary N) is 2. The zero-order valence-electron chi connectivity index (χ0n) is 14.7. The SMILES string of the molecule is CCc1cn[nH]c1C1CCCN(C(=O)c2n[nH]c3ccc(C)cc23)C1. The highest BCUT2D eigenvalue weighted by molar-refractivity contribution is 6.04. The smallest absolute Gasteiger partial charge is 0.275 e. The average Bonchev–Trinajstić information content (AvgIpc) is 3.27. The Morgan fingerprint density at radius 2 is 2.24 bits per heavy atom. The molecule has 0 bridgehead atoms. The molecule has 1 aromatic carbocycles. The minimum atomic E-state index is 0.0131.